The minimum atomic E-state index is -1.35. The monoisotopic (exact) mass is 897 g/mol. The summed E-state index contributed by atoms with van der Waals surface area (Å²) < 4.78 is 6.50. The predicted octanol–water partition coefficient (Wildman–Crippen LogP) is 12.6. The maximum absolute atomic E-state index is 6.50. The first-order valence-corrected chi connectivity index (χ1v) is 22.3. The van der Waals surface area contributed by atoms with Crippen molar-refractivity contribution in [1.82, 2.24) is 9.97 Å². The molecule has 5 aromatic carbocycles. The summed E-state index contributed by atoms with van der Waals surface area (Å²) in [5.41, 5.74) is 11.7. The van der Waals surface area contributed by atoms with Gasteiger partial charge in [0, 0.05) is 43.4 Å². The molecule has 1 saturated carbocycles. The van der Waals surface area contributed by atoms with Gasteiger partial charge in [-0.3, -0.25) is 0 Å². The molecular weight excluding hydrogens is 853 g/mol. The number of para-hydroxylation sites is 1. The van der Waals surface area contributed by atoms with E-state index in [9.17, 15) is 0 Å². The minimum Gasteiger partial charge on any atom is -0.500 e. The number of pyridine rings is 2. The molecule has 271 valence electrons. The molecule has 9 rings (SSSR count). The van der Waals surface area contributed by atoms with Crippen LogP contribution in [0.2, 0.25) is 19.6 Å². The molecular formula is C49H44IrN2OSi-2. The Bertz CT molecular complexity index is 2470. The van der Waals surface area contributed by atoms with Gasteiger partial charge in [-0.05, 0) is 51.7 Å². The Morgan fingerprint density at radius 2 is 1.37 bits per heavy atom. The molecule has 1 aliphatic rings. The van der Waals surface area contributed by atoms with Crippen LogP contribution in [0.1, 0.15) is 31.2 Å². The van der Waals surface area contributed by atoms with E-state index >= 15 is 0 Å². The Labute approximate surface area is 333 Å². The van der Waals surface area contributed by atoms with Crippen molar-refractivity contribution in [3.8, 4) is 44.8 Å². The van der Waals surface area contributed by atoms with Crippen LogP contribution in [0, 0.1) is 18.1 Å². The molecule has 54 heavy (non-hydrogen) atoms. The first-order chi connectivity index (χ1) is 25.9. The molecule has 0 atom stereocenters. The van der Waals surface area contributed by atoms with Gasteiger partial charge in [-0.1, -0.05) is 153 Å². The number of hydrogen-bond acceptors (Lipinski definition) is 3. The number of benzene rings is 5. The second kappa shape index (κ2) is 16.6. The zero-order chi connectivity index (χ0) is 36.2. The van der Waals surface area contributed by atoms with Crippen molar-refractivity contribution in [2.45, 2.75) is 51.7 Å². The average Bonchev–Trinajstić information content (AvgIpc) is 3.87. The van der Waals surface area contributed by atoms with E-state index in [4.69, 9.17) is 9.40 Å². The quantitative estimate of drug-likeness (QED) is 0.118. The third-order valence-electron chi connectivity index (χ3n) is 10.4. The molecule has 1 radical (unpaired) electrons. The third-order valence-corrected chi connectivity index (χ3v) is 12.5. The van der Waals surface area contributed by atoms with Crippen molar-refractivity contribution in [3.63, 3.8) is 0 Å². The Morgan fingerprint density at radius 3 is 2.09 bits per heavy atom. The van der Waals surface area contributed by atoms with Gasteiger partial charge in [0.05, 0.1) is 13.7 Å². The van der Waals surface area contributed by atoms with E-state index in [1.807, 2.05) is 54.7 Å². The molecule has 3 aromatic heterocycles. The van der Waals surface area contributed by atoms with E-state index in [0.717, 1.165) is 72.6 Å². The van der Waals surface area contributed by atoms with Gasteiger partial charge in [-0.15, -0.1) is 54.1 Å². The SMILES string of the molecule is C[Si](C)(C)c1cnc(-c2[c-]cccc2)cc1CC1CCCC1.[Ir].[c-]1ccc2c(oc3c(-c4ccccc4)cccc32)c1-c1cc(-c2ccccc2)ccn1. The van der Waals surface area contributed by atoms with Crippen LogP contribution in [0.4, 0.5) is 0 Å². The summed E-state index contributed by atoms with van der Waals surface area (Å²) in [5, 5.41) is 3.72. The Kier molecular flexibility index (Phi) is 11.5. The van der Waals surface area contributed by atoms with Crippen LogP contribution in [0.3, 0.4) is 0 Å². The second-order valence-electron chi connectivity index (χ2n) is 15.1. The predicted molar refractivity (Wildman–Crippen MR) is 224 cm³/mol. The zero-order valence-electron chi connectivity index (χ0n) is 31.1. The third kappa shape index (κ3) is 8.10. The van der Waals surface area contributed by atoms with Gasteiger partial charge in [0.25, 0.3) is 0 Å². The summed E-state index contributed by atoms with van der Waals surface area (Å²) in [6, 6.07) is 52.4. The second-order valence-corrected chi connectivity index (χ2v) is 20.2. The Morgan fingerprint density at radius 1 is 0.648 bits per heavy atom. The van der Waals surface area contributed by atoms with Gasteiger partial charge in [0.1, 0.15) is 5.58 Å². The first kappa shape index (κ1) is 37.4. The maximum atomic E-state index is 6.50. The molecule has 3 heterocycles. The molecule has 5 heteroatoms. The molecule has 8 aromatic rings. The number of furan rings is 1. The molecule has 0 spiro atoms. The van der Waals surface area contributed by atoms with Crippen molar-refractivity contribution in [1.29, 1.82) is 0 Å². The molecule has 0 amide bonds. The molecule has 0 N–H and O–H groups in total. The van der Waals surface area contributed by atoms with E-state index in [2.05, 4.69) is 128 Å². The molecule has 0 saturated heterocycles. The van der Waals surface area contributed by atoms with Crippen molar-refractivity contribution < 1.29 is 24.5 Å². The maximum Gasteiger partial charge on any atom is 0.128 e. The normalized spacial score (nSPS) is 13.0. The van der Waals surface area contributed by atoms with Crippen LogP contribution in [0.5, 0.6) is 0 Å². The minimum absolute atomic E-state index is 0. The van der Waals surface area contributed by atoms with Gasteiger partial charge in [0.2, 0.25) is 0 Å². The van der Waals surface area contributed by atoms with Gasteiger partial charge in [0.15, 0.2) is 0 Å². The number of fused-ring (bicyclic) bond motifs is 3. The summed E-state index contributed by atoms with van der Waals surface area (Å²) in [7, 11) is -1.35. The standard InChI is InChI=1S/C29H18NO.C20H26NSi.Ir/c1-3-9-20(10-4-1)22-17-18-30-27(19-22)26-16-8-15-25-24-14-7-13-23(28(24)31-29(25)26)21-11-5-2-6-12-21;1-22(2,3)20-15-21-19(17-11-5-4-6-12-17)14-18(20)13-16-9-7-8-10-16;/h1-15,17-19H;4-6,11,14-16H,7-10,13H2,1-3H3;/q2*-1;. The Balaban J connectivity index is 0.000000174. The average molecular weight is 897 g/mol. The van der Waals surface area contributed by atoms with Gasteiger partial charge >= 0.3 is 0 Å². The van der Waals surface area contributed by atoms with Crippen LogP contribution in [-0.4, -0.2) is 18.0 Å². The summed E-state index contributed by atoms with van der Waals surface area (Å²) in [4.78, 5) is 9.40. The van der Waals surface area contributed by atoms with Crippen LogP contribution < -0.4 is 5.19 Å². The molecule has 1 fully saturated rings. The van der Waals surface area contributed by atoms with Gasteiger partial charge < -0.3 is 14.4 Å². The smallest absolute Gasteiger partial charge is 0.128 e. The van der Waals surface area contributed by atoms with Crippen molar-refractivity contribution in [2.24, 2.45) is 5.92 Å². The van der Waals surface area contributed by atoms with Crippen molar-refractivity contribution in [3.05, 3.63) is 164 Å². The van der Waals surface area contributed by atoms with Gasteiger partial charge in [-0.2, -0.15) is 0 Å². The van der Waals surface area contributed by atoms with E-state index in [-0.39, 0.29) is 20.1 Å². The summed E-state index contributed by atoms with van der Waals surface area (Å²) >= 11 is 0. The van der Waals surface area contributed by atoms with Crippen molar-refractivity contribution >= 4 is 35.2 Å². The summed E-state index contributed by atoms with van der Waals surface area (Å²) in [6.07, 6.45) is 10.9. The van der Waals surface area contributed by atoms with Crippen LogP contribution in [0.15, 0.2) is 150 Å². The fourth-order valence-corrected chi connectivity index (χ4v) is 9.33. The fraction of sp³-hybridized carbons (Fsp3) is 0.184. The van der Waals surface area contributed by atoms with E-state index in [1.54, 1.807) is 10.8 Å². The van der Waals surface area contributed by atoms with Crippen molar-refractivity contribution in [2.75, 3.05) is 0 Å². The molecule has 0 aliphatic heterocycles. The zero-order valence-corrected chi connectivity index (χ0v) is 34.5. The largest absolute Gasteiger partial charge is 0.500 e. The van der Waals surface area contributed by atoms with E-state index in [0.29, 0.717) is 0 Å². The van der Waals surface area contributed by atoms with E-state index < -0.39 is 8.07 Å². The number of rotatable bonds is 7. The summed E-state index contributed by atoms with van der Waals surface area (Å²) in [6.45, 7) is 7.28. The Hall–Kier alpha value is -4.93. The molecule has 1 aliphatic carbocycles. The first-order valence-electron chi connectivity index (χ1n) is 18.8. The number of aromatic nitrogens is 2. The van der Waals surface area contributed by atoms with Gasteiger partial charge in [-0.25, -0.2) is 0 Å². The fourth-order valence-electron chi connectivity index (χ4n) is 7.74. The topological polar surface area (TPSA) is 38.9 Å². The number of hydrogen-bond donors (Lipinski definition) is 0. The molecule has 0 unspecified atom stereocenters. The summed E-state index contributed by atoms with van der Waals surface area (Å²) in [5.74, 6) is 0.880. The molecule has 3 nitrogen and oxygen atoms in total. The number of nitrogens with zero attached hydrogens (tertiary/aromatic N) is 2. The van der Waals surface area contributed by atoms with Crippen LogP contribution >= 0.6 is 0 Å². The van der Waals surface area contributed by atoms with E-state index in [1.165, 1.54) is 32.1 Å². The van der Waals surface area contributed by atoms with Crippen LogP contribution in [-0.2, 0) is 26.5 Å². The van der Waals surface area contributed by atoms with Crippen LogP contribution in [0.25, 0.3) is 66.7 Å². The molecule has 0 bridgehead atoms.